The van der Waals surface area contributed by atoms with Gasteiger partial charge in [-0.25, -0.2) is 9.67 Å². The first kappa shape index (κ1) is 11.9. The van der Waals surface area contributed by atoms with E-state index in [4.69, 9.17) is 5.73 Å². The van der Waals surface area contributed by atoms with Crippen molar-refractivity contribution in [2.75, 3.05) is 5.73 Å². The van der Waals surface area contributed by atoms with Crippen LogP contribution in [0, 0.1) is 0 Å². The maximum Gasteiger partial charge on any atom is 0.210 e. The lowest BCUT2D eigenvalue weighted by molar-refractivity contribution is 0.834. The molecule has 0 spiro atoms. The van der Waals surface area contributed by atoms with Crippen LogP contribution in [-0.2, 0) is 6.42 Å². The van der Waals surface area contributed by atoms with Gasteiger partial charge in [-0.15, -0.1) is 11.3 Å². The summed E-state index contributed by atoms with van der Waals surface area (Å²) in [6.07, 6.45) is 4.71. The summed E-state index contributed by atoms with van der Waals surface area (Å²) in [5, 5.41) is 7.44. The molecule has 2 aromatic heterocycles. The minimum absolute atomic E-state index is 0.772. The summed E-state index contributed by atoms with van der Waals surface area (Å²) in [4.78, 5) is 4.28. The molecule has 0 unspecified atom stereocenters. The number of nitrogens with two attached hydrogens (primary N) is 1. The van der Waals surface area contributed by atoms with Crippen molar-refractivity contribution in [2.24, 2.45) is 0 Å². The molecule has 0 saturated carbocycles. The third kappa shape index (κ3) is 2.24. The number of anilines is 1. The van der Waals surface area contributed by atoms with Gasteiger partial charge in [-0.05, 0) is 24.1 Å². The summed E-state index contributed by atoms with van der Waals surface area (Å²) in [5.41, 5.74) is 9.84. The van der Waals surface area contributed by atoms with Crippen molar-refractivity contribution in [2.45, 2.75) is 13.3 Å². The molecule has 0 aliphatic rings. The molecule has 2 N–H and O–H groups in total. The third-order valence-electron chi connectivity index (χ3n) is 2.96. The summed E-state index contributed by atoms with van der Waals surface area (Å²) >= 11 is 1.58. The Bertz CT molecular complexity index is 668. The minimum atomic E-state index is 0.772. The molecule has 5 heteroatoms. The fourth-order valence-corrected chi connectivity index (χ4v) is 2.57. The monoisotopic (exact) mass is 270 g/mol. The van der Waals surface area contributed by atoms with Gasteiger partial charge in [0.15, 0.2) is 0 Å². The lowest BCUT2D eigenvalue weighted by Gasteiger charge is -2.00. The molecular weight excluding hydrogens is 256 g/mol. The van der Waals surface area contributed by atoms with Crippen LogP contribution >= 0.6 is 11.3 Å². The molecule has 0 saturated heterocycles. The molecule has 4 nitrogen and oxygen atoms in total. The Labute approximate surface area is 115 Å². The molecule has 0 aliphatic heterocycles. The summed E-state index contributed by atoms with van der Waals surface area (Å²) in [6.45, 7) is 2.11. The average molecular weight is 270 g/mol. The van der Waals surface area contributed by atoms with Gasteiger partial charge in [0.05, 0.1) is 5.69 Å². The number of thiazole rings is 1. The molecule has 0 amide bonds. The molecule has 96 valence electrons. The fourth-order valence-electron chi connectivity index (χ4n) is 2.00. The van der Waals surface area contributed by atoms with Crippen molar-refractivity contribution >= 4 is 17.0 Å². The van der Waals surface area contributed by atoms with Crippen LogP contribution in [0.2, 0.25) is 0 Å². The van der Waals surface area contributed by atoms with Crippen LogP contribution in [0.5, 0.6) is 0 Å². The number of nitrogen functional groups attached to an aromatic ring is 1. The van der Waals surface area contributed by atoms with Crippen molar-refractivity contribution in [3.63, 3.8) is 0 Å². The number of aromatic nitrogens is 3. The second-order valence-corrected chi connectivity index (χ2v) is 5.10. The largest absolute Gasteiger partial charge is 0.399 e. The first-order valence-electron chi connectivity index (χ1n) is 6.12. The van der Waals surface area contributed by atoms with Gasteiger partial charge in [-0.1, -0.05) is 19.1 Å². The van der Waals surface area contributed by atoms with Gasteiger partial charge < -0.3 is 5.73 Å². The van der Waals surface area contributed by atoms with Crippen LogP contribution < -0.4 is 5.73 Å². The SMILES string of the molecule is CCc1nn(-c2nccs2)cc1-c1ccc(N)cc1. The van der Waals surface area contributed by atoms with E-state index in [9.17, 15) is 0 Å². The zero-order valence-electron chi connectivity index (χ0n) is 10.6. The Balaban J connectivity index is 2.08. The highest BCUT2D eigenvalue weighted by Gasteiger charge is 2.11. The molecule has 3 aromatic rings. The van der Waals surface area contributed by atoms with Crippen LogP contribution in [0.25, 0.3) is 16.3 Å². The van der Waals surface area contributed by atoms with Crippen LogP contribution in [-0.4, -0.2) is 14.8 Å². The Kier molecular flexibility index (Phi) is 3.05. The number of benzene rings is 1. The predicted molar refractivity (Wildman–Crippen MR) is 78.5 cm³/mol. The van der Waals surface area contributed by atoms with E-state index in [2.05, 4.69) is 17.0 Å². The first-order valence-corrected chi connectivity index (χ1v) is 7.00. The normalized spacial score (nSPS) is 10.8. The van der Waals surface area contributed by atoms with E-state index in [0.29, 0.717) is 0 Å². The molecule has 0 fully saturated rings. The number of aryl methyl sites for hydroxylation is 1. The Morgan fingerprint density at radius 2 is 2.05 bits per heavy atom. The Morgan fingerprint density at radius 1 is 1.26 bits per heavy atom. The summed E-state index contributed by atoms with van der Waals surface area (Å²) < 4.78 is 1.84. The molecular formula is C14H14N4S. The first-order chi connectivity index (χ1) is 9.28. The van der Waals surface area contributed by atoms with E-state index in [1.54, 1.807) is 17.5 Å². The van der Waals surface area contributed by atoms with Gasteiger partial charge in [-0.3, -0.25) is 0 Å². The molecule has 1 aromatic carbocycles. The van der Waals surface area contributed by atoms with Gasteiger partial charge in [0, 0.05) is 29.0 Å². The van der Waals surface area contributed by atoms with Crippen molar-refractivity contribution in [1.29, 1.82) is 0 Å². The molecule has 0 bridgehead atoms. The van der Waals surface area contributed by atoms with Crippen LogP contribution in [0.3, 0.4) is 0 Å². The fraction of sp³-hybridized carbons (Fsp3) is 0.143. The molecule has 2 heterocycles. The minimum Gasteiger partial charge on any atom is -0.399 e. The smallest absolute Gasteiger partial charge is 0.210 e. The lowest BCUT2D eigenvalue weighted by atomic mass is 10.1. The summed E-state index contributed by atoms with van der Waals surface area (Å²) in [7, 11) is 0. The van der Waals surface area contributed by atoms with Gasteiger partial charge in [0.2, 0.25) is 5.13 Å². The van der Waals surface area contributed by atoms with Gasteiger partial charge >= 0.3 is 0 Å². The van der Waals surface area contributed by atoms with E-state index >= 15 is 0 Å². The summed E-state index contributed by atoms with van der Waals surface area (Å²) in [5.74, 6) is 0. The second kappa shape index (κ2) is 4.85. The maximum atomic E-state index is 5.73. The molecule has 0 radical (unpaired) electrons. The number of hydrogen-bond acceptors (Lipinski definition) is 4. The molecule has 0 aliphatic carbocycles. The zero-order valence-corrected chi connectivity index (χ0v) is 11.4. The van der Waals surface area contributed by atoms with Crippen molar-refractivity contribution < 1.29 is 0 Å². The van der Waals surface area contributed by atoms with Crippen molar-refractivity contribution in [3.8, 4) is 16.3 Å². The standard InChI is InChI=1S/C14H14N4S/c1-2-13-12(10-3-5-11(15)6-4-10)9-18(17-13)14-16-7-8-19-14/h3-9H,2,15H2,1H3. The van der Waals surface area contributed by atoms with E-state index in [1.807, 2.05) is 40.5 Å². The Hall–Kier alpha value is -2.14. The zero-order chi connectivity index (χ0) is 13.2. The molecule has 0 atom stereocenters. The highest BCUT2D eigenvalue weighted by atomic mass is 32.1. The maximum absolute atomic E-state index is 5.73. The summed E-state index contributed by atoms with van der Waals surface area (Å²) in [6, 6.07) is 7.88. The molecule has 19 heavy (non-hydrogen) atoms. The predicted octanol–water partition coefficient (Wildman–Crippen LogP) is 3.14. The van der Waals surface area contributed by atoms with E-state index in [0.717, 1.165) is 34.1 Å². The quantitative estimate of drug-likeness (QED) is 0.744. The van der Waals surface area contributed by atoms with Gasteiger partial charge in [0.1, 0.15) is 0 Å². The highest BCUT2D eigenvalue weighted by Crippen LogP contribution is 2.26. The Morgan fingerprint density at radius 3 is 2.68 bits per heavy atom. The topological polar surface area (TPSA) is 56.7 Å². The van der Waals surface area contributed by atoms with Crippen molar-refractivity contribution in [3.05, 3.63) is 47.7 Å². The second-order valence-electron chi connectivity index (χ2n) is 4.22. The van der Waals surface area contributed by atoms with E-state index < -0.39 is 0 Å². The van der Waals surface area contributed by atoms with Crippen molar-refractivity contribution in [1.82, 2.24) is 14.8 Å². The average Bonchev–Trinajstić information content (AvgIpc) is 3.08. The van der Waals surface area contributed by atoms with Gasteiger partial charge in [-0.2, -0.15) is 5.10 Å². The number of hydrogen-bond donors (Lipinski definition) is 1. The molecule has 3 rings (SSSR count). The van der Waals surface area contributed by atoms with E-state index in [1.165, 1.54) is 0 Å². The number of rotatable bonds is 3. The third-order valence-corrected chi connectivity index (χ3v) is 3.72. The van der Waals surface area contributed by atoms with Crippen LogP contribution in [0.15, 0.2) is 42.0 Å². The van der Waals surface area contributed by atoms with Crippen LogP contribution in [0.4, 0.5) is 5.69 Å². The van der Waals surface area contributed by atoms with E-state index in [-0.39, 0.29) is 0 Å². The van der Waals surface area contributed by atoms with Gasteiger partial charge in [0.25, 0.3) is 0 Å². The van der Waals surface area contributed by atoms with Crippen LogP contribution in [0.1, 0.15) is 12.6 Å². The highest BCUT2D eigenvalue weighted by molar-refractivity contribution is 7.12. The number of nitrogens with zero attached hydrogens (tertiary/aromatic N) is 3. The lowest BCUT2D eigenvalue weighted by Crippen LogP contribution is -1.94.